The number of likely N-dealkylation sites (tertiary alicyclic amines) is 1. The van der Waals surface area contributed by atoms with Crippen molar-refractivity contribution in [2.75, 3.05) is 31.1 Å². The molecule has 0 saturated carbocycles. The van der Waals surface area contributed by atoms with E-state index in [1.807, 2.05) is 36.4 Å². The molecule has 5 heterocycles. The first-order valence-corrected chi connectivity index (χ1v) is 9.24. The monoisotopic (exact) mass is 366 g/mol. The number of aryl methyl sites for hydroxylation is 3. The SMILES string of the molecule is Cc1cc(C(=O)N2CC3CN(c4ncnc5c4ncn5C)CC3C2)c(C)o1. The Hall–Kier alpha value is -2.90. The van der Waals surface area contributed by atoms with Crippen LogP contribution in [-0.4, -0.2) is 56.5 Å². The minimum absolute atomic E-state index is 0.0828. The van der Waals surface area contributed by atoms with Crippen molar-refractivity contribution in [2.45, 2.75) is 13.8 Å². The molecule has 0 bridgehead atoms. The standard InChI is InChI=1S/C19H22N6O2/c1-11-4-15(12(2)27-11)19(26)25-7-13-5-24(6-14(13)8-25)18-16-17(20-9-21-18)23(3)10-22-16/h4,9-10,13-14H,5-8H2,1-3H3. The van der Waals surface area contributed by atoms with Crippen molar-refractivity contribution in [3.05, 3.63) is 35.8 Å². The maximum Gasteiger partial charge on any atom is 0.257 e. The molecule has 3 aromatic heterocycles. The van der Waals surface area contributed by atoms with Gasteiger partial charge in [-0.2, -0.15) is 0 Å². The van der Waals surface area contributed by atoms with Gasteiger partial charge in [0.15, 0.2) is 17.0 Å². The van der Waals surface area contributed by atoms with E-state index < -0.39 is 0 Å². The van der Waals surface area contributed by atoms with E-state index in [9.17, 15) is 4.79 Å². The molecule has 1 amide bonds. The van der Waals surface area contributed by atoms with Gasteiger partial charge in [-0.15, -0.1) is 0 Å². The van der Waals surface area contributed by atoms with E-state index in [0.29, 0.717) is 23.2 Å². The van der Waals surface area contributed by atoms with Crippen molar-refractivity contribution < 1.29 is 9.21 Å². The number of anilines is 1. The molecule has 2 aliphatic heterocycles. The number of nitrogens with zero attached hydrogens (tertiary/aromatic N) is 6. The van der Waals surface area contributed by atoms with Crippen molar-refractivity contribution in [2.24, 2.45) is 18.9 Å². The fourth-order valence-corrected chi connectivity index (χ4v) is 4.51. The number of hydrogen-bond donors (Lipinski definition) is 0. The molecule has 0 N–H and O–H groups in total. The van der Waals surface area contributed by atoms with Crippen molar-refractivity contribution in [1.29, 1.82) is 0 Å². The minimum atomic E-state index is 0.0828. The molecule has 2 saturated heterocycles. The van der Waals surface area contributed by atoms with Crippen molar-refractivity contribution in [1.82, 2.24) is 24.4 Å². The average molecular weight is 366 g/mol. The number of carbonyl (C=O) groups excluding carboxylic acids is 1. The average Bonchev–Trinajstić information content (AvgIpc) is 3.37. The Morgan fingerprint density at radius 1 is 1.11 bits per heavy atom. The second-order valence-corrected chi connectivity index (χ2v) is 7.69. The lowest BCUT2D eigenvalue weighted by Crippen LogP contribution is -2.33. The normalized spacial score (nSPS) is 22.0. The zero-order valence-corrected chi connectivity index (χ0v) is 15.7. The number of rotatable bonds is 2. The molecule has 2 atom stereocenters. The quantitative estimate of drug-likeness (QED) is 0.688. The van der Waals surface area contributed by atoms with Crippen LogP contribution in [-0.2, 0) is 7.05 Å². The summed E-state index contributed by atoms with van der Waals surface area (Å²) >= 11 is 0. The van der Waals surface area contributed by atoms with E-state index in [0.717, 1.165) is 48.9 Å². The Bertz CT molecular complexity index is 1020. The van der Waals surface area contributed by atoms with Crippen LogP contribution in [0.15, 0.2) is 23.1 Å². The first-order valence-electron chi connectivity index (χ1n) is 9.24. The van der Waals surface area contributed by atoms with Crippen molar-refractivity contribution in [3.63, 3.8) is 0 Å². The van der Waals surface area contributed by atoms with Crippen LogP contribution in [0.3, 0.4) is 0 Å². The Kier molecular flexibility index (Phi) is 3.50. The summed E-state index contributed by atoms with van der Waals surface area (Å²) in [5.41, 5.74) is 2.38. The van der Waals surface area contributed by atoms with Gasteiger partial charge in [0.2, 0.25) is 0 Å². The molecule has 8 heteroatoms. The van der Waals surface area contributed by atoms with Crippen LogP contribution in [0, 0.1) is 25.7 Å². The van der Waals surface area contributed by atoms with Crippen molar-refractivity contribution in [3.8, 4) is 0 Å². The molecule has 0 aliphatic carbocycles. The maximum atomic E-state index is 12.9. The van der Waals surface area contributed by atoms with Gasteiger partial charge in [0.05, 0.1) is 11.9 Å². The molecule has 0 radical (unpaired) electrons. The zero-order valence-electron chi connectivity index (χ0n) is 15.7. The summed E-state index contributed by atoms with van der Waals surface area (Å²) in [6.45, 7) is 7.06. The zero-order chi connectivity index (χ0) is 18.7. The number of hydrogen-bond acceptors (Lipinski definition) is 6. The van der Waals surface area contributed by atoms with Crippen LogP contribution in [0.25, 0.3) is 11.2 Å². The van der Waals surface area contributed by atoms with E-state index >= 15 is 0 Å². The van der Waals surface area contributed by atoms with Gasteiger partial charge in [0.1, 0.15) is 17.8 Å². The molecule has 140 valence electrons. The summed E-state index contributed by atoms with van der Waals surface area (Å²) in [6.07, 6.45) is 3.38. The third-order valence-corrected chi connectivity index (χ3v) is 5.82. The van der Waals surface area contributed by atoms with Gasteiger partial charge in [0, 0.05) is 45.1 Å². The third-order valence-electron chi connectivity index (χ3n) is 5.82. The maximum absolute atomic E-state index is 12.9. The van der Waals surface area contributed by atoms with Gasteiger partial charge in [-0.3, -0.25) is 4.79 Å². The summed E-state index contributed by atoms with van der Waals surface area (Å²) in [6, 6.07) is 1.84. The molecular weight excluding hydrogens is 344 g/mol. The number of amides is 1. The topological polar surface area (TPSA) is 80.3 Å². The van der Waals surface area contributed by atoms with Crippen LogP contribution < -0.4 is 4.90 Å². The predicted octanol–water partition coefficient (Wildman–Crippen LogP) is 1.78. The van der Waals surface area contributed by atoms with E-state index in [-0.39, 0.29) is 5.91 Å². The lowest BCUT2D eigenvalue weighted by Gasteiger charge is -2.22. The molecular formula is C19H22N6O2. The molecule has 2 aliphatic rings. The first-order chi connectivity index (χ1) is 13.0. The van der Waals surface area contributed by atoms with Crippen molar-refractivity contribution >= 4 is 22.9 Å². The molecule has 2 unspecified atom stereocenters. The fraction of sp³-hybridized carbons (Fsp3) is 0.474. The number of aromatic nitrogens is 4. The predicted molar refractivity (Wildman–Crippen MR) is 99.6 cm³/mol. The van der Waals surface area contributed by atoms with Gasteiger partial charge in [-0.25, -0.2) is 15.0 Å². The molecule has 0 aromatic carbocycles. The second kappa shape index (κ2) is 5.80. The number of fused-ring (bicyclic) bond motifs is 2. The number of carbonyl (C=O) groups is 1. The number of furan rings is 1. The Balaban J connectivity index is 1.33. The van der Waals surface area contributed by atoms with E-state index in [1.165, 1.54) is 0 Å². The smallest absolute Gasteiger partial charge is 0.257 e. The van der Waals surface area contributed by atoms with Gasteiger partial charge < -0.3 is 18.8 Å². The molecule has 0 spiro atoms. The number of imidazole rings is 1. The Morgan fingerprint density at radius 3 is 2.52 bits per heavy atom. The molecule has 8 nitrogen and oxygen atoms in total. The largest absolute Gasteiger partial charge is 0.466 e. The molecule has 5 rings (SSSR count). The van der Waals surface area contributed by atoms with Gasteiger partial charge in [0.25, 0.3) is 5.91 Å². The minimum Gasteiger partial charge on any atom is -0.466 e. The van der Waals surface area contributed by atoms with E-state index in [4.69, 9.17) is 4.42 Å². The summed E-state index contributed by atoms with van der Waals surface area (Å²) in [7, 11) is 1.94. The molecule has 3 aromatic rings. The fourth-order valence-electron chi connectivity index (χ4n) is 4.51. The van der Waals surface area contributed by atoms with Gasteiger partial charge in [-0.05, 0) is 19.9 Å². The van der Waals surface area contributed by atoms with Crippen LogP contribution in [0.1, 0.15) is 21.9 Å². The van der Waals surface area contributed by atoms with Crippen LogP contribution in [0.4, 0.5) is 5.82 Å². The lowest BCUT2D eigenvalue weighted by atomic mass is 10.0. The third kappa shape index (κ3) is 2.50. The highest BCUT2D eigenvalue weighted by Crippen LogP contribution is 2.35. The summed E-state index contributed by atoms with van der Waals surface area (Å²) in [5, 5.41) is 0. The van der Waals surface area contributed by atoms with E-state index in [1.54, 1.807) is 12.7 Å². The highest BCUT2D eigenvalue weighted by atomic mass is 16.3. The Labute approximate surface area is 156 Å². The molecule has 2 fully saturated rings. The first kappa shape index (κ1) is 16.3. The second-order valence-electron chi connectivity index (χ2n) is 7.69. The van der Waals surface area contributed by atoms with Crippen LogP contribution >= 0.6 is 0 Å². The van der Waals surface area contributed by atoms with Crippen LogP contribution in [0.2, 0.25) is 0 Å². The van der Waals surface area contributed by atoms with Gasteiger partial charge in [-0.1, -0.05) is 0 Å². The summed E-state index contributed by atoms with van der Waals surface area (Å²) in [5.74, 6) is 3.37. The van der Waals surface area contributed by atoms with Gasteiger partial charge >= 0.3 is 0 Å². The Morgan fingerprint density at radius 2 is 1.85 bits per heavy atom. The molecule has 27 heavy (non-hydrogen) atoms. The highest BCUT2D eigenvalue weighted by molar-refractivity contribution is 5.95. The lowest BCUT2D eigenvalue weighted by molar-refractivity contribution is 0.0781. The summed E-state index contributed by atoms with van der Waals surface area (Å²) < 4.78 is 7.44. The summed E-state index contributed by atoms with van der Waals surface area (Å²) in [4.78, 5) is 30.4. The van der Waals surface area contributed by atoms with E-state index in [2.05, 4.69) is 19.9 Å². The van der Waals surface area contributed by atoms with Crippen LogP contribution in [0.5, 0.6) is 0 Å². The highest BCUT2D eigenvalue weighted by Gasteiger charge is 2.43.